The summed E-state index contributed by atoms with van der Waals surface area (Å²) in [7, 11) is 0. The van der Waals surface area contributed by atoms with Crippen LogP contribution in [0.5, 0.6) is 0 Å². The van der Waals surface area contributed by atoms with Crippen LogP contribution in [0.25, 0.3) is 22.1 Å². The van der Waals surface area contributed by atoms with E-state index in [1.54, 1.807) is 30.3 Å². The van der Waals surface area contributed by atoms with E-state index in [1.165, 1.54) is 19.5 Å². The number of imidazole rings is 1. The zero-order valence-corrected chi connectivity index (χ0v) is 21.9. The fourth-order valence-corrected chi connectivity index (χ4v) is 4.43. The van der Waals surface area contributed by atoms with Crippen LogP contribution in [0.1, 0.15) is 39.9 Å². The standard InChI is InChI=1S/C20H19N4.C7H6O2.Na/c1-4-18-23-19-13(2)10-14(3)22-20(19)24(18)12-15-7-8-17-16(11-15)6-5-9-21-17;8-7(9)6-4-2-1-3-5-6;/h5-8,10-11H,4,12H2,1-3H3;1-5H,(H,8,9);. The number of pyridine rings is 2. The van der Waals surface area contributed by atoms with Gasteiger partial charge in [-0.2, -0.15) is 0 Å². The Morgan fingerprint density at radius 3 is 2.41 bits per heavy atom. The molecule has 2 aromatic carbocycles. The predicted molar refractivity (Wildman–Crippen MR) is 136 cm³/mol. The van der Waals surface area contributed by atoms with Crippen LogP contribution in [0.2, 0.25) is 0 Å². The van der Waals surface area contributed by atoms with E-state index in [9.17, 15) is 4.79 Å². The topological polar surface area (TPSA) is 80.9 Å². The number of nitrogens with zero attached hydrogens (tertiary/aromatic N) is 4. The average Bonchev–Trinajstić information content (AvgIpc) is 3.17. The molecule has 6 nitrogen and oxygen atoms in total. The first kappa shape index (κ1) is 24.1. The van der Waals surface area contributed by atoms with Crippen molar-refractivity contribution < 1.29 is 9.90 Å². The van der Waals surface area contributed by atoms with E-state index < -0.39 is 5.97 Å². The monoisotopic (exact) mass is 460 g/mol. The van der Waals surface area contributed by atoms with E-state index in [0.717, 1.165) is 69.1 Å². The normalized spacial score (nSPS) is 10.9. The molecule has 34 heavy (non-hydrogen) atoms. The molecular weight excluding hydrogens is 435 g/mol. The van der Waals surface area contributed by atoms with Crippen LogP contribution < -0.4 is 2.94 Å². The Bertz CT molecular complexity index is 1480. The average molecular weight is 461 g/mol. The molecule has 0 aliphatic heterocycles. The molecule has 3 heterocycles. The number of carbonyl (C=O) groups is 1. The molecule has 0 bridgehead atoms. The van der Waals surface area contributed by atoms with Crippen molar-refractivity contribution in [1.29, 1.82) is 0 Å². The van der Waals surface area contributed by atoms with Gasteiger partial charge in [0.25, 0.3) is 0 Å². The second-order valence-corrected chi connectivity index (χ2v) is 9.40. The summed E-state index contributed by atoms with van der Waals surface area (Å²) in [4.78, 5) is 24.5. The Morgan fingerprint density at radius 2 is 1.74 bits per heavy atom. The molecule has 166 valence electrons. The third-order valence-electron chi connectivity index (χ3n) is 5.67. The molecule has 0 atom stereocenters. The predicted octanol–water partition coefficient (Wildman–Crippen LogP) is 4.39. The van der Waals surface area contributed by atoms with Crippen LogP contribution in [-0.4, -0.2) is 58.5 Å². The van der Waals surface area contributed by atoms with Gasteiger partial charge in [0.2, 0.25) is 0 Å². The third-order valence-corrected chi connectivity index (χ3v) is 6.23. The first-order valence-corrected chi connectivity index (χ1v) is 12.3. The summed E-state index contributed by atoms with van der Waals surface area (Å²) in [6.45, 7) is 7.09. The Morgan fingerprint density at radius 1 is 0.971 bits per heavy atom. The number of hydrogen-bond acceptors (Lipinski definition) is 4. The largest absolute Gasteiger partial charge is 0.478 e. The van der Waals surface area contributed by atoms with Crippen molar-refractivity contribution in [2.45, 2.75) is 33.7 Å². The van der Waals surface area contributed by atoms with Gasteiger partial charge in [0, 0.05) is 0 Å². The van der Waals surface area contributed by atoms with E-state index in [4.69, 9.17) is 15.1 Å². The first-order valence-electron chi connectivity index (χ1n) is 11.3. The van der Waals surface area contributed by atoms with E-state index in [2.05, 4.69) is 59.8 Å². The smallest absolute Gasteiger partial charge is 0.335 e. The molecule has 7 heteroatoms. The van der Waals surface area contributed by atoms with Crippen LogP contribution in [0.3, 0.4) is 0 Å². The zero-order valence-electron chi connectivity index (χ0n) is 19.9. The molecule has 0 radical (unpaired) electrons. The Balaban J connectivity index is 0.000000257. The van der Waals surface area contributed by atoms with E-state index in [0.29, 0.717) is 5.56 Å². The second-order valence-electron chi connectivity index (χ2n) is 8.37. The number of aryl methyl sites for hydroxylation is 3. The quantitative estimate of drug-likeness (QED) is 0.403. The number of carboxylic acid groups (broad SMARTS) is 1. The second kappa shape index (κ2) is 10.5. The molecule has 5 aromatic rings. The molecule has 0 aliphatic rings. The van der Waals surface area contributed by atoms with Gasteiger partial charge in [-0.15, -0.1) is 0 Å². The van der Waals surface area contributed by atoms with Crippen molar-refractivity contribution in [3.05, 3.63) is 94.9 Å². The van der Waals surface area contributed by atoms with Gasteiger partial charge in [-0.1, -0.05) is 18.2 Å². The van der Waals surface area contributed by atoms with Crippen molar-refractivity contribution >= 4 is 58.9 Å². The molecule has 0 saturated heterocycles. The van der Waals surface area contributed by atoms with Crippen molar-refractivity contribution in [3.8, 4) is 0 Å². The SMILES string of the molecule is CCc1nc2c(C)cc(C)nc2n1Cc1ccc2n[c]([Na])ccc2c1.O=C(O)c1ccccc1. The van der Waals surface area contributed by atoms with Crippen molar-refractivity contribution in [2.75, 3.05) is 0 Å². The van der Waals surface area contributed by atoms with Crippen LogP contribution in [0.4, 0.5) is 0 Å². The zero-order chi connectivity index (χ0) is 24.2. The molecule has 0 saturated carbocycles. The molecule has 5 rings (SSSR count). The Kier molecular flexibility index (Phi) is 7.41. The minimum atomic E-state index is -0.879. The molecule has 0 amide bonds. The van der Waals surface area contributed by atoms with Crippen LogP contribution in [0, 0.1) is 13.8 Å². The van der Waals surface area contributed by atoms with E-state index in [-0.39, 0.29) is 0 Å². The molecule has 1 N–H and O–H groups in total. The molecule has 0 aliphatic carbocycles. The van der Waals surface area contributed by atoms with Crippen molar-refractivity contribution in [2.24, 2.45) is 0 Å². The maximum absolute atomic E-state index is 10.2. The van der Waals surface area contributed by atoms with Gasteiger partial charge in [0.15, 0.2) is 0 Å². The number of benzene rings is 2. The number of rotatable bonds is 4. The summed E-state index contributed by atoms with van der Waals surface area (Å²) in [6, 6.07) is 21.2. The molecule has 3 aromatic heterocycles. The summed E-state index contributed by atoms with van der Waals surface area (Å²) in [5.74, 6) is 0.208. The maximum atomic E-state index is 10.2. The Labute approximate surface area is 216 Å². The fraction of sp³-hybridized carbons (Fsp3) is 0.185. The van der Waals surface area contributed by atoms with Crippen LogP contribution in [0.15, 0.2) is 66.7 Å². The van der Waals surface area contributed by atoms with Gasteiger partial charge in [0.1, 0.15) is 0 Å². The van der Waals surface area contributed by atoms with Gasteiger partial charge in [-0.3, -0.25) is 0 Å². The first-order chi connectivity index (χ1) is 16.4. The maximum Gasteiger partial charge on any atom is 0.335 e. The van der Waals surface area contributed by atoms with Crippen LogP contribution in [-0.2, 0) is 13.0 Å². The molecule has 0 fully saturated rings. The summed E-state index contributed by atoms with van der Waals surface area (Å²) >= 11 is 0.982. The summed E-state index contributed by atoms with van der Waals surface area (Å²) < 4.78 is 3.44. The van der Waals surface area contributed by atoms with E-state index >= 15 is 0 Å². The van der Waals surface area contributed by atoms with Gasteiger partial charge >= 0.3 is 171 Å². The third kappa shape index (κ3) is 5.36. The summed E-state index contributed by atoms with van der Waals surface area (Å²) in [5.41, 5.74) is 6.90. The minimum Gasteiger partial charge on any atom is -0.478 e. The molecular formula is C27H25N4NaO2. The molecule has 0 spiro atoms. The number of aromatic nitrogens is 4. The van der Waals surface area contributed by atoms with Gasteiger partial charge in [-0.25, -0.2) is 4.79 Å². The van der Waals surface area contributed by atoms with Crippen molar-refractivity contribution in [3.63, 3.8) is 0 Å². The Hall–Kier alpha value is -3.06. The molecule has 0 unspecified atom stereocenters. The fourth-order valence-electron chi connectivity index (χ4n) is 4.02. The van der Waals surface area contributed by atoms with Gasteiger partial charge in [-0.05, 0) is 12.1 Å². The number of carboxylic acids is 1. The van der Waals surface area contributed by atoms with Gasteiger partial charge < -0.3 is 5.11 Å². The minimum absolute atomic E-state index is 0.331. The van der Waals surface area contributed by atoms with E-state index in [1.807, 2.05) is 6.92 Å². The van der Waals surface area contributed by atoms with Gasteiger partial charge in [0.05, 0.1) is 5.56 Å². The number of aromatic carboxylic acids is 1. The number of fused-ring (bicyclic) bond motifs is 2. The summed E-state index contributed by atoms with van der Waals surface area (Å²) in [6.07, 6.45) is 0.897. The van der Waals surface area contributed by atoms with Crippen molar-refractivity contribution in [1.82, 2.24) is 19.5 Å². The summed E-state index contributed by atoms with van der Waals surface area (Å²) in [5, 5.41) is 9.58. The number of hydrogen-bond donors (Lipinski definition) is 1. The van der Waals surface area contributed by atoms with Crippen LogP contribution >= 0.6 is 0 Å².